The van der Waals surface area contributed by atoms with Crippen molar-refractivity contribution < 1.29 is 19.1 Å². The predicted octanol–water partition coefficient (Wildman–Crippen LogP) is 3.67. The summed E-state index contributed by atoms with van der Waals surface area (Å²) in [6.45, 7) is 12.8. The molecule has 1 aromatic heterocycles. The number of hydrogen-bond donors (Lipinski definition) is 0. The molecule has 1 aromatic rings. The summed E-state index contributed by atoms with van der Waals surface area (Å²) < 4.78 is 12.0. The lowest BCUT2D eigenvalue weighted by molar-refractivity contribution is 0.0362. The van der Waals surface area contributed by atoms with Crippen LogP contribution in [0.25, 0.3) is 0 Å². The van der Waals surface area contributed by atoms with Crippen LogP contribution in [0.4, 0.5) is 9.59 Å². The van der Waals surface area contributed by atoms with Crippen LogP contribution in [0.5, 0.6) is 0 Å². The summed E-state index contributed by atoms with van der Waals surface area (Å²) in [5.74, 6) is 0.0374. The van der Waals surface area contributed by atoms with Crippen LogP contribution in [0.2, 0.25) is 0 Å². The Bertz CT molecular complexity index is 610. The number of carbonyl (C=O) groups excluding carboxylic acids is 2. The molecule has 0 saturated carbocycles. The maximum atomic E-state index is 12.6. The van der Waals surface area contributed by atoms with E-state index in [0.717, 1.165) is 0 Å². The molecule has 0 aliphatic carbocycles. The summed E-state index contributed by atoms with van der Waals surface area (Å²) in [6, 6.07) is 1.67. The molecule has 25 heavy (non-hydrogen) atoms. The number of aliphatic imine (C=N–C) groups is 1. The van der Waals surface area contributed by atoms with Crippen molar-refractivity contribution in [1.82, 2.24) is 14.7 Å². The van der Waals surface area contributed by atoms with Gasteiger partial charge in [0.1, 0.15) is 11.2 Å². The van der Waals surface area contributed by atoms with Gasteiger partial charge in [-0.3, -0.25) is 0 Å². The van der Waals surface area contributed by atoms with Crippen molar-refractivity contribution in [3.8, 4) is 0 Å². The number of amides is 2. The lowest BCUT2D eigenvalue weighted by Gasteiger charge is -2.27. The number of carbonyl (C=O) groups is 2. The van der Waals surface area contributed by atoms with Gasteiger partial charge in [0.2, 0.25) is 5.96 Å². The van der Waals surface area contributed by atoms with Crippen molar-refractivity contribution in [2.24, 2.45) is 4.99 Å². The summed E-state index contributed by atoms with van der Waals surface area (Å²) in [4.78, 5) is 30.0. The van der Waals surface area contributed by atoms with Crippen molar-refractivity contribution in [1.29, 1.82) is 0 Å². The Balaban J connectivity index is 3.23. The molecule has 0 unspecified atom stereocenters. The van der Waals surface area contributed by atoms with Gasteiger partial charge in [-0.05, 0) is 54.0 Å². The topological polar surface area (TPSA) is 86.0 Å². The van der Waals surface area contributed by atoms with Crippen molar-refractivity contribution in [2.75, 3.05) is 6.54 Å². The second kappa shape index (κ2) is 8.13. The highest BCUT2D eigenvalue weighted by molar-refractivity contribution is 5.99. The molecular formula is C17H28N4O4. The maximum absolute atomic E-state index is 12.6. The highest BCUT2D eigenvalue weighted by Gasteiger charge is 2.28. The first-order valence-electron chi connectivity index (χ1n) is 8.25. The van der Waals surface area contributed by atoms with Gasteiger partial charge >= 0.3 is 12.2 Å². The molecule has 1 rings (SSSR count). The molecular weight excluding hydrogens is 324 g/mol. The minimum atomic E-state index is -0.803. The third-order valence-corrected chi connectivity index (χ3v) is 2.60. The fraction of sp³-hybridized carbons (Fsp3) is 0.647. The van der Waals surface area contributed by atoms with Gasteiger partial charge in [0.05, 0.1) is 0 Å². The lowest BCUT2D eigenvalue weighted by atomic mass is 10.2. The van der Waals surface area contributed by atoms with E-state index in [-0.39, 0.29) is 5.96 Å². The van der Waals surface area contributed by atoms with E-state index in [1.807, 2.05) is 6.92 Å². The normalized spacial score (nSPS) is 12.7. The Labute approximate surface area is 148 Å². The largest absolute Gasteiger partial charge is 0.443 e. The summed E-state index contributed by atoms with van der Waals surface area (Å²) in [5.41, 5.74) is -1.37. The molecule has 0 fully saturated rings. The molecule has 140 valence electrons. The minimum absolute atomic E-state index is 0.0374. The fourth-order valence-corrected chi connectivity index (χ4v) is 1.80. The van der Waals surface area contributed by atoms with Crippen LogP contribution in [0.15, 0.2) is 23.5 Å². The van der Waals surface area contributed by atoms with E-state index >= 15 is 0 Å². The van der Waals surface area contributed by atoms with E-state index in [0.29, 0.717) is 13.0 Å². The van der Waals surface area contributed by atoms with E-state index < -0.39 is 23.4 Å². The fourth-order valence-electron chi connectivity index (χ4n) is 1.80. The average molecular weight is 352 g/mol. The molecule has 0 bridgehead atoms. The van der Waals surface area contributed by atoms with Crippen LogP contribution in [0.3, 0.4) is 0 Å². The van der Waals surface area contributed by atoms with E-state index in [4.69, 9.17) is 9.47 Å². The van der Waals surface area contributed by atoms with Crippen LogP contribution in [-0.4, -0.2) is 50.6 Å². The Morgan fingerprint density at radius 2 is 1.72 bits per heavy atom. The molecule has 0 N–H and O–H groups in total. The molecule has 8 heteroatoms. The number of hydrogen-bond acceptors (Lipinski definition) is 5. The van der Waals surface area contributed by atoms with Crippen molar-refractivity contribution >= 4 is 18.1 Å². The molecule has 0 saturated heterocycles. The van der Waals surface area contributed by atoms with Gasteiger partial charge < -0.3 is 9.47 Å². The maximum Gasteiger partial charge on any atom is 0.437 e. The Hall–Kier alpha value is -2.38. The van der Waals surface area contributed by atoms with Crippen molar-refractivity contribution in [2.45, 2.75) is 66.1 Å². The third kappa shape index (κ3) is 7.36. The molecule has 0 aliphatic heterocycles. The van der Waals surface area contributed by atoms with Crippen LogP contribution >= 0.6 is 0 Å². The summed E-state index contributed by atoms with van der Waals surface area (Å²) >= 11 is 0. The average Bonchev–Trinajstić information content (AvgIpc) is 2.92. The zero-order valence-corrected chi connectivity index (χ0v) is 16.1. The molecule has 2 amide bonds. The van der Waals surface area contributed by atoms with E-state index in [1.165, 1.54) is 15.8 Å². The second-order valence-corrected chi connectivity index (χ2v) is 7.47. The standard InChI is InChI=1S/C17H28N4O4/c1-8-11-20(15(23)25-17(5,6)7)13(21-12-9-10-18-21)19-14(22)24-16(2,3)4/h9-10,12H,8,11H2,1-7H3/b19-13+. The molecule has 0 aliphatic rings. The van der Waals surface area contributed by atoms with Crippen LogP contribution in [0.1, 0.15) is 54.9 Å². The van der Waals surface area contributed by atoms with E-state index in [9.17, 15) is 9.59 Å². The molecule has 0 radical (unpaired) electrons. The highest BCUT2D eigenvalue weighted by atomic mass is 16.6. The quantitative estimate of drug-likeness (QED) is 0.599. The van der Waals surface area contributed by atoms with Gasteiger partial charge in [0.25, 0.3) is 0 Å². The summed E-state index contributed by atoms with van der Waals surface area (Å²) in [6.07, 6.45) is 2.36. The van der Waals surface area contributed by atoms with Crippen molar-refractivity contribution in [3.05, 3.63) is 18.5 Å². The van der Waals surface area contributed by atoms with Gasteiger partial charge in [0, 0.05) is 18.9 Å². The monoisotopic (exact) mass is 352 g/mol. The molecule has 0 atom stereocenters. The Morgan fingerprint density at radius 3 is 2.16 bits per heavy atom. The highest BCUT2D eigenvalue weighted by Crippen LogP contribution is 2.13. The number of aromatic nitrogens is 2. The third-order valence-electron chi connectivity index (χ3n) is 2.60. The number of rotatable bonds is 2. The minimum Gasteiger partial charge on any atom is -0.443 e. The van der Waals surface area contributed by atoms with Gasteiger partial charge in [-0.1, -0.05) is 6.92 Å². The first-order chi connectivity index (χ1) is 11.4. The van der Waals surface area contributed by atoms with Gasteiger partial charge in [-0.25, -0.2) is 19.2 Å². The molecule has 8 nitrogen and oxygen atoms in total. The SMILES string of the molecule is CCCN(C(=O)OC(C)(C)C)/C(=N\C(=O)OC(C)(C)C)n1cccn1. The zero-order chi connectivity index (χ0) is 19.3. The summed E-state index contributed by atoms with van der Waals surface area (Å²) in [5, 5.41) is 4.08. The van der Waals surface area contributed by atoms with Gasteiger partial charge in [-0.2, -0.15) is 5.10 Å². The van der Waals surface area contributed by atoms with E-state index in [1.54, 1.807) is 53.8 Å². The zero-order valence-electron chi connectivity index (χ0n) is 16.1. The van der Waals surface area contributed by atoms with Crippen LogP contribution < -0.4 is 0 Å². The number of nitrogens with zero attached hydrogens (tertiary/aromatic N) is 4. The predicted molar refractivity (Wildman–Crippen MR) is 94.5 cm³/mol. The molecule has 0 spiro atoms. The number of ether oxygens (including phenoxy) is 2. The van der Waals surface area contributed by atoms with Gasteiger partial charge in [-0.15, -0.1) is 4.99 Å². The van der Waals surface area contributed by atoms with Crippen molar-refractivity contribution in [3.63, 3.8) is 0 Å². The van der Waals surface area contributed by atoms with E-state index in [2.05, 4.69) is 10.1 Å². The lowest BCUT2D eigenvalue weighted by Crippen LogP contribution is -2.45. The first-order valence-corrected chi connectivity index (χ1v) is 8.25. The first kappa shape index (κ1) is 20.7. The Kier molecular flexibility index (Phi) is 6.72. The second-order valence-electron chi connectivity index (χ2n) is 7.47. The Morgan fingerprint density at radius 1 is 1.12 bits per heavy atom. The molecule has 1 heterocycles. The van der Waals surface area contributed by atoms with Crippen LogP contribution in [0, 0.1) is 0 Å². The van der Waals surface area contributed by atoms with Crippen LogP contribution in [-0.2, 0) is 9.47 Å². The van der Waals surface area contributed by atoms with Gasteiger partial charge in [0.15, 0.2) is 0 Å². The molecule has 0 aromatic carbocycles. The smallest absolute Gasteiger partial charge is 0.437 e. The summed E-state index contributed by atoms with van der Waals surface area (Å²) in [7, 11) is 0.